The number of nitrogens with one attached hydrogen (secondary N) is 1. The minimum absolute atomic E-state index is 0.162. The van der Waals surface area contributed by atoms with Crippen molar-refractivity contribution in [2.75, 3.05) is 4.72 Å². The summed E-state index contributed by atoms with van der Waals surface area (Å²) in [6.45, 7) is 1.90. The first-order chi connectivity index (χ1) is 14.4. The van der Waals surface area contributed by atoms with E-state index < -0.39 is 15.6 Å². The molecule has 1 saturated carbocycles. The van der Waals surface area contributed by atoms with Gasteiger partial charge in [-0.05, 0) is 38.0 Å². The first-order valence-corrected chi connectivity index (χ1v) is 11.4. The minimum Gasteiger partial charge on any atom is -0.369 e. The van der Waals surface area contributed by atoms with Crippen molar-refractivity contribution in [2.45, 2.75) is 30.3 Å². The highest BCUT2D eigenvalue weighted by atomic mass is 32.2. The molecule has 0 spiro atoms. The first kappa shape index (κ1) is 20.2. The van der Waals surface area contributed by atoms with Crippen LogP contribution in [0.3, 0.4) is 0 Å². The molecule has 1 unspecified atom stereocenters. The second-order valence-corrected chi connectivity index (χ2v) is 9.27. The molecule has 152 valence electrons. The predicted octanol–water partition coefficient (Wildman–Crippen LogP) is 4.45. The molecule has 0 amide bonds. The van der Waals surface area contributed by atoms with Crippen molar-refractivity contribution in [2.24, 2.45) is 5.92 Å². The maximum atomic E-state index is 13.0. The van der Waals surface area contributed by atoms with Crippen LogP contribution in [0.1, 0.15) is 29.5 Å². The molecule has 0 saturated heterocycles. The van der Waals surface area contributed by atoms with Crippen molar-refractivity contribution in [3.05, 3.63) is 95.6 Å². The molecule has 1 aliphatic rings. The van der Waals surface area contributed by atoms with Crippen LogP contribution in [0.5, 0.6) is 0 Å². The number of benzene rings is 3. The fraction of sp³-hybridized carbons (Fsp3) is 0.200. The van der Waals surface area contributed by atoms with Gasteiger partial charge in [0.2, 0.25) is 0 Å². The van der Waals surface area contributed by atoms with Gasteiger partial charge in [-0.1, -0.05) is 78.1 Å². The Hall–Kier alpha value is -3.07. The van der Waals surface area contributed by atoms with Gasteiger partial charge in [-0.2, -0.15) is 0 Å². The average Bonchev–Trinajstić information content (AvgIpc) is 3.58. The Morgan fingerprint density at radius 2 is 1.57 bits per heavy atom. The Bertz CT molecular complexity index is 1200. The lowest BCUT2D eigenvalue weighted by Gasteiger charge is -2.26. The number of hydrogen-bond acceptors (Lipinski definition) is 3. The molecule has 1 atom stereocenters. The second kappa shape index (κ2) is 7.98. The van der Waals surface area contributed by atoms with Crippen molar-refractivity contribution in [3.8, 4) is 11.8 Å². The SMILES string of the molecule is Cc1ccc(S(=O)(=O)Nc2ccccc2C(O)(C#CC2CC2)c2ccccc2)cc1. The molecule has 2 N–H and O–H groups in total. The topological polar surface area (TPSA) is 66.4 Å². The third kappa shape index (κ3) is 4.25. The molecule has 3 aromatic carbocycles. The largest absolute Gasteiger partial charge is 0.369 e. The fourth-order valence-corrected chi connectivity index (χ4v) is 4.30. The van der Waals surface area contributed by atoms with E-state index in [4.69, 9.17) is 0 Å². The second-order valence-electron chi connectivity index (χ2n) is 7.58. The molecule has 0 bridgehead atoms. The zero-order valence-corrected chi connectivity index (χ0v) is 17.5. The van der Waals surface area contributed by atoms with Gasteiger partial charge in [-0.3, -0.25) is 4.72 Å². The number of aliphatic hydroxyl groups is 1. The average molecular weight is 418 g/mol. The van der Waals surface area contributed by atoms with E-state index >= 15 is 0 Å². The minimum atomic E-state index is -3.82. The molecule has 1 fully saturated rings. The van der Waals surface area contributed by atoms with Crippen LogP contribution in [-0.2, 0) is 15.6 Å². The van der Waals surface area contributed by atoms with Gasteiger partial charge in [0, 0.05) is 17.0 Å². The number of anilines is 1. The maximum Gasteiger partial charge on any atom is 0.261 e. The summed E-state index contributed by atoms with van der Waals surface area (Å²) < 4.78 is 28.6. The molecular formula is C25H23NO3S. The molecule has 0 aliphatic heterocycles. The summed E-state index contributed by atoms with van der Waals surface area (Å²) in [6.07, 6.45) is 2.05. The maximum absolute atomic E-state index is 13.0. The lowest BCUT2D eigenvalue weighted by Crippen LogP contribution is -2.27. The van der Waals surface area contributed by atoms with E-state index in [1.165, 1.54) is 0 Å². The fourth-order valence-electron chi connectivity index (χ4n) is 3.22. The molecule has 0 radical (unpaired) electrons. The molecule has 1 aliphatic carbocycles. The smallest absolute Gasteiger partial charge is 0.261 e. The molecular weight excluding hydrogens is 394 g/mol. The van der Waals surface area contributed by atoms with Crippen molar-refractivity contribution in [1.82, 2.24) is 0 Å². The lowest BCUT2D eigenvalue weighted by atomic mass is 9.85. The third-order valence-corrected chi connectivity index (χ3v) is 6.50. The van der Waals surface area contributed by atoms with Crippen molar-refractivity contribution < 1.29 is 13.5 Å². The van der Waals surface area contributed by atoms with Crippen LogP contribution in [0.4, 0.5) is 5.69 Å². The van der Waals surface area contributed by atoms with Gasteiger partial charge in [0.25, 0.3) is 10.0 Å². The number of aryl methyl sites for hydroxylation is 1. The Labute approximate surface area is 177 Å². The summed E-state index contributed by atoms with van der Waals surface area (Å²) >= 11 is 0. The van der Waals surface area contributed by atoms with Crippen molar-refractivity contribution in [1.29, 1.82) is 0 Å². The summed E-state index contributed by atoms with van der Waals surface area (Å²) in [4.78, 5) is 0.162. The van der Waals surface area contributed by atoms with Crippen LogP contribution in [-0.4, -0.2) is 13.5 Å². The third-order valence-electron chi connectivity index (χ3n) is 5.12. The van der Waals surface area contributed by atoms with Gasteiger partial charge < -0.3 is 5.11 Å². The molecule has 5 heteroatoms. The van der Waals surface area contributed by atoms with Crippen molar-refractivity contribution >= 4 is 15.7 Å². The van der Waals surface area contributed by atoms with Crippen LogP contribution >= 0.6 is 0 Å². The Kier molecular flexibility index (Phi) is 5.38. The van der Waals surface area contributed by atoms with Crippen LogP contribution in [0.25, 0.3) is 0 Å². The highest BCUT2D eigenvalue weighted by Gasteiger charge is 2.33. The van der Waals surface area contributed by atoms with Gasteiger partial charge >= 0.3 is 0 Å². The van der Waals surface area contributed by atoms with E-state index in [1.807, 2.05) is 25.1 Å². The molecule has 0 heterocycles. The molecule has 0 aromatic heterocycles. The number of rotatable bonds is 5. The molecule has 4 nitrogen and oxygen atoms in total. The Balaban J connectivity index is 1.79. The summed E-state index contributed by atoms with van der Waals surface area (Å²) in [5.74, 6) is 6.47. The standard InChI is InChI=1S/C25H23NO3S/c1-19-11-15-22(16-12-19)30(28,29)26-24-10-6-5-9-23(24)25(27,18-17-20-13-14-20)21-7-3-2-4-8-21/h2-12,15-16,20,26-27H,13-14H2,1H3. The monoisotopic (exact) mass is 417 g/mol. The van der Waals surface area contributed by atoms with Gasteiger partial charge in [0.05, 0.1) is 10.6 Å². The molecule has 4 rings (SSSR count). The highest BCUT2D eigenvalue weighted by molar-refractivity contribution is 7.92. The van der Waals surface area contributed by atoms with E-state index in [-0.39, 0.29) is 10.8 Å². The predicted molar refractivity (Wildman–Crippen MR) is 118 cm³/mol. The Morgan fingerprint density at radius 3 is 2.23 bits per heavy atom. The van der Waals surface area contributed by atoms with E-state index in [1.54, 1.807) is 60.7 Å². The van der Waals surface area contributed by atoms with Crippen LogP contribution in [0, 0.1) is 24.7 Å². The number of sulfonamides is 1. The van der Waals surface area contributed by atoms with E-state index in [0.717, 1.165) is 18.4 Å². The van der Waals surface area contributed by atoms with Crippen LogP contribution in [0.2, 0.25) is 0 Å². The van der Waals surface area contributed by atoms with Crippen molar-refractivity contribution in [3.63, 3.8) is 0 Å². The molecule has 3 aromatic rings. The number of para-hydroxylation sites is 1. The quantitative estimate of drug-likeness (QED) is 0.603. The van der Waals surface area contributed by atoms with E-state index in [2.05, 4.69) is 16.6 Å². The zero-order valence-electron chi connectivity index (χ0n) is 16.7. The molecule has 30 heavy (non-hydrogen) atoms. The summed E-state index contributed by atoms with van der Waals surface area (Å²) in [6, 6.07) is 22.6. The van der Waals surface area contributed by atoms with Crippen LogP contribution < -0.4 is 4.72 Å². The summed E-state index contributed by atoms with van der Waals surface area (Å²) in [5, 5.41) is 11.7. The van der Waals surface area contributed by atoms with E-state index in [9.17, 15) is 13.5 Å². The Morgan fingerprint density at radius 1 is 0.933 bits per heavy atom. The lowest BCUT2D eigenvalue weighted by molar-refractivity contribution is 0.146. The van der Waals surface area contributed by atoms with Gasteiger partial charge in [0.15, 0.2) is 5.60 Å². The normalized spacial score (nSPS) is 15.5. The summed E-state index contributed by atoms with van der Waals surface area (Å²) in [7, 11) is -3.82. The van der Waals surface area contributed by atoms with E-state index in [0.29, 0.717) is 16.8 Å². The highest BCUT2D eigenvalue weighted by Crippen LogP contribution is 2.36. The van der Waals surface area contributed by atoms with Crippen LogP contribution in [0.15, 0.2) is 83.8 Å². The summed E-state index contributed by atoms with van der Waals surface area (Å²) in [5.41, 5.74) is 0.647. The number of hydrogen-bond donors (Lipinski definition) is 2. The van der Waals surface area contributed by atoms with Gasteiger partial charge in [-0.25, -0.2) is 8.42 Å². The van der Waals surface area contributed by atoms with Gasteiger partial charge in [-0.15, -0.1) is 0 Å². The zero-order chi connectivity index (χ0) is 21.2. The first-order valence-electron chi connectivity index (χ1n) is 9.88. The van der Waals surface area contributed by atoms with Gasteiger partial charge in [0.1, 0.15) is 0 Å².